The van der Waals surface area contributed by atoms with Crippen LogP contribution in [-0.2, 0) is 4.74 Å². The second-order valence-electron chi connectivity index (χ2n) is 5.94. The molecule has 0 aliphatic heterocycles. The van der Waals surface area contributed by atoms with Gasteiger partial charge in [-0.1, -0.05) is 70.5 Å². The molecule has 27 heavy (non-hydrogen) atoms. The van der Waals surface area contributed by atoms with Gasteiger partial charge in [-0.25, -0.2) is 4.79 Å². The van der Waals surface area contributed by atoms with Crippen LogP contribution in [0.5, 0.6) is 0 Å². The maximum atomic E-state index is 12.1. The van der Waals surface area contributed by atoms with Crippen LogP contribution < -0.4 is 0 Å². The number of ketones is 1. The van der Waals surface area contributed by atoms with Crippen LogP contribution >= 0.6 is 15.9 Å². The molecule has 1 atom stereocenters. The van der Waals surface area contributed by atoms with Crippen LogP contribution in [-0.4, -0.2) is 23.5 Å². The smallest absolute Gasteiger partial charge is 0.338 e. The lowest BCUT2D eigenvalue weighted by molar-refractivity contribution is 0.0474. The summed E-state index contributed by atoms with van der Waals surface area (Å²) in [6.07, 6.45) is -0.768. The first-order valence-corrected chi connectivity index (χ1v) is 9.13. The third kappa shape index (κ3) is 4.90. The van der Waals surface area contributed by atoms with E-state index in [2.05, 4.69) is 15.9 Å². The topological polar surface area (TPSA) is 63.6 Å². The summed E-state index contributed by atoms with van der Waals surface area (Å²) in [5.74, 6) is -0.854. The highest BCUT2D eigenvalue weighted by Crippen LogP contribution is 2.22. The Labute approximate surface area is 165 Å². The first kappa shape index (κ1) is 19.0. The van der Waals surface area contributed by atoms with E-state index in [1.54, 1.807) is 48.5 Å². The van der Waals surface area contributed by atoms with Crippen molar-refractivity contribution in [2.75, 3.05) is 6.61 Å². The third-order valence-corrected chi connectivity index (χ3v) is 4.61. The normalized spacial score (nSPS) is 11.6. The molecule has 0 aliphatic rings. The Balaban J connectivity index is 1.60. The summed E-state index contributed by atoms with van der Waals surface area (Å²) >= 11 is 3.30. The van der Waals surface area contributed by atoms with Gasteiger partial charge in [0.15, 0.2) is 12.4 Å². The van der Waals surface area contributed by atoms with Crippen LogP contribution in [0, 0.1) is 0 Å². The fraction of sp³-hybridized carbons (Fsp3) is 0.0909. The van der Waals surface area contributed by atoms with E-state index in [1.165, 1.54) is 0 Å². The SMILES string of the molecule is O=C(COC(=O)c1ccc([C@H](O)c2ccccc2)cc1)c1ccc(Br)cc1. The fourth-order valence-corrected chi connectivity index (χ4v) is 2.83. The molecular formula is C22H17BrO4. The van der Waals surface area contributed by atoms with Gasteiger partial charge in [-0.15, -0.1) is 0 Å². The van der Waals surface area contributed by atoms with Crippen molar-refractivity contribution in [2.24, 2.45) is 0 Å². The van der Waals surface area contributed by atoms with E-state index in [-0.39, 0.29) is 12.4 Å². The predicted octanol–water partition coefficient (Wildman–Crippen LogP) is 4.57. The summed E-state index contributed by atoms with van der Waals surface area (Å²) in [4.78, 5) is 24.2. The molecule has 0 radical (unpaired) electrons. The highest BCUT2D eigenvalue weighted by Gasteiger charge is 2.14. The number of benzene rings is 3. The van der Waals surface area contributed by atoms with E-state index in [9.17, 15) is 14.7 Å². The molecule has 0 fully saturated rings. The number of carbonyl (C=O) groups excluding carboxylic acids is 2. The minimum atomic E-state index is -0.768. The fourth-order valence-electron chi connectivity index (χ4n) is 2.56. The Kier molecular flexibility index (Phi) is 6.16. The first-order chi connectivity index (χ1) is 13.0. The number of esters is 1. The zero-order chi connectivity index (χ0) is 19.2. The van der Waals surface area contributed by atoms with Gasteiger partial charge in [-0.05, 0) is 35.4 Å². The van der Waals surface area contributed by atoms with Crippen molar-refractivity contribution < 1.29 is 19.4 Å². The highest BCUT2D eigenvalue weighted by atomic mass is 79.9. The van der Waals surface area contributed by atoms with Crippen LogP contribution in [0.2, 0.25) is 0 Å². The van der Waals surface area contributed by atoms with E-state index < -0.39 is 12.1 Å². The molecule has 0 amide bonds. The minimum Gasteiger partial charge on any atom is -0.454 e. The van der Waals surface area contributed by atoms with Gasteiger partial charge in [0.2, 0.25) is 0 Å². The molecule has 5 heteroatoms. The van der Waals surface area contributed by atoms with E-state index >= 15 is 0 Å². The van der Waals surface area contributed by atoms with Crippen LogP contribution in [0.15, 0.2) is 83.3 Å². The number of hydrogen-bond acceptors (Lipinski definition) is 4. The summed E-state index contributed by atoms with van der Waals surface area (Å²) in [7, 11) is 0. The van der Waals surface area contributed by atoms with Gasteiger partial charge in [0, 0.05) is 10.0 Å². The quantitative estimate of drug-likeness (QED) is 0.464. The van der Waals surface area contributed by atoms with Crippen LogP contribution in [0.1, 0.15) is 37.9 Å². The molecule has 0 saturated heterocycles. The van der Waals surface area contributed by atoms with Gasteiger partial charge >= 0.3 is 5.97 Å². The molecule has 4 nitrogen and oxygen atoms in total. The summed E-state index contributed by atoms with van der Waals surface area (Å²) < 4.78 is 5.97. The zero-order valence-electron chi connectivity index (χ0n) is 14.3. The van der Waals surface area contributed by atoms with Gasteiger partial charge in [0.25, 0.3) is 0 Å². The van der Waals surface area contributed by atoms with Gasteiger partial charge in [0.1, 0.15) is 6.10 Å². The van der Waals surface area contributed by atoms with Crippen molar-refractivity contribution >= 4 is 27.7 Å². The van der Waals surface area contributed by atoms with Crippen molar-refractivity contribution in [1.29, 1.82) is 0 Å². The number of ether oxygens (including phenoxy) is 1. The Morgan fingerprint density at radius 1 is 0.815 bits per heavy atom. The van der Waals surface area contributed by atoms with Crippen LogP contribution in [0.3, 0.4) is 0 Å². The maximum Gasteiger partial charge on any atom is 0.338 e. The van der Waals surface area contributed by atoms with Gasteiger partial charge in [-0.2, -0.15) is 0 Å². The number of carbonyl (C=O) groups is 2. The van der Waals surface area contributed by atoms with E-state index in [0.29, 0.717) is 16.7 Å². The summed E-state index contributed by atoms with van der Waals surface area (Å²) in [5.41, 5.74) is 2.24. The monoisotopic (exact) mass is 424 g/mol. The van der Waals surface area contributed by atoms with Gasteiger partial charge in [-0.3, -0.25) is 4.79 Å². The van der Waals surface area contributed by atoms with Crippen molar-refractivity contribution in [3.05, 3.63) is 106 Å². The first-order valence-electron chi connectivity index (χ1n) is 8.33. The number of hydrogen-bond donors (Lipinski definition) is 1. The summed E-state index contributed by atoms with van der Waals surface area (Å²) in [6, 6.07) is 22.6. The third-order valence-electron chi connectivity index (χ3n) is 4.08. The molecular weight excluding hydrogens is 408 g/mol. The lowest BCUT2D eigenvalue weighted by atomic mass is 10.0. The average molecular weight is 425 g/mol. The van der Waals surface area contributed by atoms with Crippen LogP contribution in [0.25, 0.3) is 0 Å². The van der Waals surface area contributed by atoms with Crippen LogP contribution in [0.4, 0.5) is 0 Å². The van der Waals surface area contributed by atoms with Crippen molar-refractivity contribution in [3.63, 3.8) is 0 Å². The summed E-state index contributed by atoms with van der Waals surface area (Å²) in [6.45, 7) is -0.325. The number of aliphatic hydroxyl groups is 1. The number of aliphatic hydroxyl groups excluding tert-OH is 1. The van der Waals surface area contributed by atoms with E-state index in [0.717, 1.165) is 10.0 Å². The molecule has 0 unspecified atom stereocenters. The molecule has 0 spiro atoms. The minimum absolute atomic E-state index is 0.271. The number of halogens is 1. The van der Waals surface area contributed by atoms with Gasteiger partial charge < -0.3 is 9.84 Å². The predicted molar refractivity (Wildman–Crippen MR) is 106 cm³/mol. The largest absolute Gasteiger partial charge is 0.454 e. The Bertz CT molecular complexity index is 919. The standard InChI is InChI=1S/C22H17BrO4/c23-19-12-10-15(11-13-19)20(24)14-27-22(26)18-8-6-17(7-9-18)21(25)16-4-2-1-3-5-16/h1-13,21,25H,14H2/t21-/m1/s1. The molecule has 136 valence electrons. The molecule has 3 aromatic rings. The highest BCUT2D eigenvalue weighted by molar-refractivity contribution is 9.10. The Morgan fingerprint density at radius 3 is 2.00 bits per heavy atom. The van der Waals surface area contributed by atoms with E-state index in [4.69, 9.17) is 4.74 Å². The molecule has 0 bridgehead atoms. The summed E-state index contributed by atoms with van der Waals surface area (Å²) in [5, 5.41) is 10.4. The second kappa shape index (κ2) is 8.75. The molecule has 0 aromatic heterocycles. The molecule has 3 aromatic carbocycles. The van der Waals surface area contributed by atoms with Crippen molar-refractivity contribution in [3.8, 4) is 0 Å². The molecule has 0 aliphatic carbocycles. The lowest BCUT2D eigenvalue weighted by Gasteiger charge is -2.12. The maximum absolute atomic E-state index is 12.1. The van der Waals surface area contributed by atoms with Crippen molar-refractivity contribution in [2.45, 2.75) is 6.10 Å². The lowest BCUT2D eigenvalue weighted by Crippen LogP contribution is -2.14. The Morgan fingerprint density at radius 2 is 1.37 bits per heavy atom. The molecule has 1 N–H and O–H groups in total. The number of rotatable bonds is 6. The number of Topliss-reactive ketones (excluding diaryl/α,β-unsaturated/α-hetero) is 1. The van der Waals surface area contributed by atoms with E-state index in [1.807, 2.05) is 30.3 Å². The average Bonchev–Trinajstić information content (AvgIpc) is 2.72. The second-order valence-corrected chi connectivity index (χ2v) is 6.86. The van der Waals surface area contributed by atoms with Crippen molar-refractivity contribution in [1.82, 2.24) is 0 Å². The zero-order valence-corrected chi connectivity index (χ0v) is 15.9. The Hall–Kier alpha value is -2.76. The molecule has 0 saturated carbocycles. The van der Waals surface area contributed by atoms with Gasteiger partial charge in [0.05, 0.1) is 5.56 Å². The molecule has 0 heterocycles. The molecule has 3 rings (SSSR count).